The molecule has 3 aliphatic heterocycles. The fourth-order valence-electron chi connectivity index (χ4n) is 2.28. The van der Waals surface area contributed by atoms with E-state index < -0.39 is 0 Å². The van der Waals surface area contributed by atoms with Gasteiger partial charge in [0.15, 0.2) is 0 Å². The summed E-state index contributed by atoms with van der Waals surface area (Å²) in [7, 11) is 0. The first-order valence-corrected chi connectivity index (χ1v) is 5.01. The molecule has 0 aromatic carbocycles. The fraction of sp³-hybridized carbons (Fsp3) is 0.167. The molecule has 0 aromatic heterocycles. The van der Waals surface area contributed by atoms with Gasteiger partial charge in [0, 0.05) is 0 Å². The van der Waals surface area contributed by atoms with Crippen molar-refractivity contribution in [3.05, 3.63) is 69.9 Å². The Morgan fingerprint density at radius 1 is 0.875 bits per heavy atom. The van der Waals surface area contributed by atoms with Crippen LogP contribution >= 0.6 is 0 Å². The molecular weight excluding hydrogens is 289 g/mol. The van der Waals surface area contributed by atoms with Crippen LogP contribution in [0, 0.1) is 0 Å². The van der Waals surface area contributed by atoms with Gasteiger partial charge in [-0.3, -0.25) is 0 Å². The minimum Gasteiger partial charge on any atom is -0.665 e. The molecule has 3 nitrogen and oxygen atoms in total. The van der Waals surface area contributed by atoms with Crippen LogP contribution in [0.1, 0.15) is 0 Å². The molecule has 0 spiro atoms. The van der Waals surface area contributed by atoms with E-state index in [2.05, 4.69) is 22.8 Å². The van der Waals surface area contributed by atoms with E-state index in [1.54, 1.807) is 12.4 Å². The standard InChI is InChI=1S/C12H8N2O.Ru/c1-3-7-9(13-5-1)10-8(4-2-6-14-10)12-11(7)15-12;/h1-6,11-12H;/q-2;+2. The number of ether oxygens (including phenoxy) is 1. The van der Waals surface area contributed by atoms with Gasteiger partial charge in [-0.2, -0.15) is 12.4 Å². The van der Waals surface area contributed by atoms with Gasteiger partial charge < -0.3 is 15.4 Å². The van der Waals surface area contributed by atoms with Crippen LogP contribution in [-0.2, 0) is 24.2 Å². The van der Waals surface area contributed by atoms with E-state index in [9.17, 15) is 0 Å². The monoisotopic (exact) mass is 298 g/mol. The molecule has 3 heterocycles. The van der Waals surface area contributed by atoms with Crippen molar-refractivity contribution in [3.63, 3.8) is 0 Å². The molecule has 4 aliphatic rings. The molecule has 16 heavy (non-hydrogen) atoms. The second kappa shape index (κ2) is 3.44. The molecule has 0 amide bonds. The van der Waals surface area contributed by atoms with Crippen molar-refractivity contribution >= 4 is 0 Å². The van der Waals surface area contributed by atoms with Gasteiger partial charge in [-0.05, 0) is 11.1 Å². The Balaban J connectivity index is 0.000000810. The van der Waals surface area contributed by atoms with Crippen LogP contribution in [0.2, 0.25) is 0 Å². The average molecular weight is 297 g/mol. The Kier molecular flexibility index (Phi) is 2.16. The minimum absolute atomic E-state index is 0. The van der Waals surface area contributed by atoms with Gasteiger partial charge in [-0.25, -0.2) is 0 Å². The van der Waals surface area contributed by atoms with Crippen molar-refractivity contribution in [2.75, 3.05) is 0 Å². The molecule has 80 valence electrons. The molecular formula is C12H8N2ORu. The number of epoxide rings is 1. The number of hydrogen-bond donors (Lipinski definition) is 0. The number of hydrogen-bond acceptors (Lipinski definition) is 1. The third-order valence-corrected chi connectivity index (χ3v) is 3.01. The van der Waals surface area contributed by atoms with Gasteiger partial charge >= 0.3 is 19.5 Å². The largest absolute Gasteiger partial charge is 2.00 e. The maximum Gasteiger partial charge on any atom is 2.00 e. The summed E-state index contributed by atoms with van der Waals surface area (Å²) in [6.45, 7) is 0. The van der Waals surface area contributed by atoms with E-state index in [0.29, 0.717) is 0 Å². The first-order valence-electron chi connectivity index (χ1n) is 5.01. The maximum atomic E-state index is 5.65. The van der Waals surface area contributed by atoms with E-state index in [1.807, 2.05) is 12.2 Å². The fourth-order valence-corrected chi connectivity index (χ4v) is 2.28. The summed E-state index contributed by atoms with van der Waals surface area (Å²) in [4.78, 5) is 0. The summed E-state index contributed by atoms with van der Waals surface area (Å²) in [6, 6.07) is 0. The van der Waals surface area contributed by atoms with Crippen LogP contribution in [0.4, 0.5) is 0 Å². The quantitative estimate of drug-likeness (QED) is 0.500. The van der Waals surface area contributed by atoms with Gasteiger partial charge in [0.1, 0.15) is 12.2 Å². The van der Waals surface area contributed by atoms with Crippen LogP contribution in [0.15, 0.2) is 59.2 Å². The molecule has 4 rings (SSSR count). The zero-order chi connectivity index (χ0) is 9.83. The Morgan fingerprint density at radius 3 is 1.88 bits per heavy atom. The predicted molar refractivity (Wildman–Crippen MR) is 56.9 cm³/mol. The zero-order valence-corrected chi connectivity index (χ0v) is 10.0. The summed E-state index contributed by atoms with van der Waals surface area (Å²) in [5.74, 6) is 0. The van der Waals surface area contributed by atoms with E-state index in [0.717, 1.165) is 11.4 Å². The molecule has 0 N–H and O–H groups in total. The van der Waals surface area contributed by atoms with Crippen LogP contribution in [0.5, 0.6) is 0 Å². The van der Waals surface area contributed by atoms with Crippen LogP contribution in [-0.4, -0.2) is 12.2 Å². The normalized spacial score (nSPS) is 32.0. The Morgan fingerprint density at radius 2 is 1.38 bits per heavy atom. The van der Waals surface area contributed by atoms with E-state index >= 15 is 0 Å². The molecule has 1 aliphatic carbocycles. The van der Waals surface area contributed by atoms with Crippen molar-refractivity contribution in [3.8, 4) is 0 Å². The minimum atomic E-state index is 0. The first kappa shape index (κ1) is 10.1. The summed E-state index contributed by atoms with van der Waals surface area (Å²) < 4.78 is 5.65. The first-order chi connectivity index (χ1) is 7.45. The number of allylic oxidation sites excluding steroid dienone is 4. The molecule has 2 unspecified atom stereocenters. The SMILES string of the molecule is C1=C[N-]C2=C3[N-]C=CC=C3C3OC3C2=C1.[Ru+2]. The molecule has 2 atom stereocenters. The number of fused-ring (bicyclic) bond motifs is 5. The molecule has 4 heteroatoms. The zero-order valence-electron chi connectivity index (χ0n) is 8.28. The smallest absolute Gasteiger partial charge is 0.665 e. The molecule has 0 aromatic rings. The Labute approximate surface area is 106 Å². The van der Waals surface area contributed by atoms with Crippen molar-refractivity contribution in [2.45, 2.75) is 12.2 Å². The Hall–Kier alpha value is -1.12. The van der Waals surface area contributed by atoms with Gasteiger partial charge in [0.2, 0.25) is 0 Å². The Bertz CT molecular complexity index is 455. The van der Waals surface area contributed by atoms with Gasteiger partial charge in [0.05, 0.1) is 0 Å². The second-order valence-corrected chi connectivity index (χ2v) is 3.86. The molecule has 1 fully saturated rings. The summed E-state index contributed by atoms with van der Waals surface area (Å²) in [5, 5.41) is 8.79. The van der Waals surface area contributed by atoms with Gasteiger partial charge in [-0.1, -0.05) is 24.3 Å². The van der Waals surface area contributed by atoms with Crippen molar-refractivity contribution in [2.24, 2.45) is 0 Å². The van der Waals surface area contributed by atoms with Crippen molar-refractivity contribution in [1.29, 1.82) is 0 Å². The van der Waals surface area contributed by atoms with E-state index in [4.69, 9.17) is 4.74 Å². The van der Waals surface area contributed by atoms with E-state index in [-0.39, 0.29) is 31.7 Å². The van der Waals surface area contributed by atoms with E-state index in [1.165, 1.54) is 11.1 Å². The average Bonchev–Trinajstić information content (AvgIpc) is 3.10. The predicted octanol–water partition coefficient (Wildman–Crippen LogP) is 2.63. The molecule has 0 bridgehead atoms. The van der Waals surface area contributed by atoms with Crippen LogP contribution in [0.25, 0.3) is 10.6 Å². The third kappa shape index (κ3) is 1.20. The maximum absolute atomic E-state index is 5.65. The van der Waals surface area contributed by atoms with Crippen molar-refractivity contribution < 1.29 is 24.2 Å². The topological polar surface area (TPSA) is 40.7 Å². The van der Waals surface area contributed by atoms with Crippen LogP contribution in [0.3, 0.4) is 0 Å². The second-order valence-electron chi connectivity index (χ2n) is 3.86. The number of rotatable bonds is 0. The van der Waals surface area contributed by atoms with Gasteiger partial charge in [-0.15, -0.1) is 11.4 Å². The molecule has 1 saturated heterocycles. The molecule has 0 saturated carbocycles. The summed E-state index contributed by atoms with van der Waals surface area (Å²) in [5.41, 5.74) is 4.31. The molecule has 0 radical (unpaired) electrons. The van der Waals surface area contributed by atoms with Crippen LogP contribution < -0.4 is 0 Å². The van der Waals surface area contributed by atoms with Gasteiger partial charge in [0.25, 0.3) is 0 Å². The van der Waals surface area contributed by atoms with Crippen molar-refractivity contribution in [1.82, 2.24) is 0 Å². The summed E-state index contributed by atoms with van der Waals surface area (Å²) >= 11 is 0. The third-order valence-electron chi connectivity index (χ3n) is 3.01. The summed E-state index contributed by atoms with van der Waals surface area (Å²) in [6.07, 6.45) is 12.1. The number of nitrogens with zero attached hydrogens (tertiary/aromatic N) is 2.